The zero-order valence-electron chi connectivity index (χ0n) is 17.8. The number of rotatable bonds is 2. The number of carbonyl (C=O) groups excluding carboxylic acids is 1. The summed E-state index contributed by atoms with van der Waals surface area (Å²) in [6, 6.07) is 0. The summed E-state index contributed by atoms with van der Waals surface area (Å²) in [5, 5.41) is 0. The van der Waals surface area contributed by atoms with Gasteiger partial charge in [-0.2, -0.15) is 0 Å². The van der Waals surface area contributed by atoms with Crippen molar-refractivity contribution in [2.45, 2.75) is 91.5 Å². The molecule has 2 rings (SSSR count). The van der Waals surface area contributed by atoms with Gasteiger partial charge < -0.3 is 14.2 Å². The summed E-state index contributed by atoms with van der Waals surface area (Å²) in [6.45, 7) is 20.0. The van der Waals surface area contributed by atoms with Gasteiger partial charge in [-0.3, -0.25) is 4.79 Å². The smallest absolute Gasteiger partial charge is 0.399 e. The van der Waals surface area contributed by atoms with E-state index < -0.39 is 18.3 Å². The summed E-state index contributed by atoms with van der Waals surface area (Å²) >= 11 is 0. The third-order valence-corrected chi connectivity index (χ3v) is 4.93. The van der Waals surface area contributed by atoms with E-state index in [4.69, 9.17) is 9.31 Å². The lowest BCUT2D eigenvalue weighted by atomic mass is 9.81. The van der Waals surface area contributed by atoms with Gasteiger partial charge in [0.05, 0.1) is 11.2 Å². The van der Waals surface area contributed by atoms with Crippen LogP contribution in [0.4, 0.5) is 0 Å². The molecular weight excluding hydrogens is 329 g/mol. The van der Waals surface area contributed by atoms with Crippen molar-refractivity contribution in [3.63, 3.8) is 0 Å². The van der Waals surface area contributed by atoms with E-state index in [1.54, 1.807) is 12.4 Å². The molecule has 0 saturated carbocycles. The van der Waals surface area contributed by atoms with Crippen LogP contribution in [0.2, 0.25) is 0 Å². The third-order valence-electron chi connectivity index (χ3n) is 4.93. The molecule has 1 fully saturated rings. The normalized spacial score (nSPS) is 19.5. The van der Waals surface area contributed by atoms with Crippen molar-refractivity contribution >= 4 is 18.5 Å². The Morgan fingerprint density at radius 3 is 1.65 bits per heavy atom. The van der Waals surface area contributed by atoms with E-state index in [-0.39, 0.29) is 22.8 Å². The van der Waals surface area contributed by atoms with Crippen LogP contribution in [0, 0.1) is 0 Å². The second kappa shape index (κ2) is 6.31. The average Bonchev–Trinajstić information content (AvgIpc) is 2.64. The van der Waals surface area contributed by atoms with E-state index in [1.165, 1.54) is 0 Å². The second-order valence-corrected chi connectivity index (χ2v) is 9.91. The predicted octanol–water partition coefficient (Wildman–Crippen LogP) is 2.82. The molecule has 6 nitrogen and oxygen atoms in total. The maximum Gasteiger partial charge on any atom is 0.498 e. The van der Waals surface area contributed by atoms with Gasteiger partial charge in [0, 0.05) is 28.9 Å². The molecule has 144 valence electrons. The molecule has 1 aromatic rings. The fourth-order valence-electron chi connectivity index (χ4n) is 3.26. The lowest BCUT2D eigenvalue weighted by Crippen LogP contribution is -2.56. The van der Waals surface area contributed by atoms with Gasteiger partial charge in [0.2, 0.25) is 5.82 Å². The number of nitrogens with zero attached hydrogens (tertiary/aromatic N) is 3. The van der Waals surface area contributed by atoms with Crippen molar-refractivity contribution in [3.05, 3.63) is 18.2 Å². The minimum Gasteiger partial charge on any atom is -0.399 e. The Bertz CT molecular complexity index is 643. The van der Waals surface area contributed by atoms with E-state index in [2.05, 4.69) is 9.97 Å². The van der Waals surface area contributed by atoms with Gasteiger partial charge in [0.25, 0.3) is 5.91 Å². The van der Waals surface area contributed by atoms with Crippen molar-refractivity contribution in [3.8, 4) is 0 Å². The van der Waals surface area contributed by atoms with E-state index in [0.717, 1.165) is 0 Å². The summed E-state index contributed by atoms with van der Waals surface area (Å²) < 4.78 is 12.0. The molecule has 0 radical (unpaired) electrons. The van der Waals surface area contributed by atoms with E-state index in [9.17, 15) is 4.79 Å². The molecule has 0 bridgehead atoms. The Labute approximate surface area is 157 Å². The molecule has 0 spiro atoms. The Balaban J connectivity index is 2.26. The zero-order valence-corrected chi connectivity index (χ0v) is 17.8. The van der Waals surface area contributed by atoms with Crippen LogP contribution >= 0.6 is 0 Å². The maximum absolute atomic E-state index is 13.0. The third kappa shape index (κ3) is 3.93. The molecule has 1 amide bonds. The zero-order chi connectivity index (χ0) is 20.1. The highest BCUT2D eigenvalue weighted by Crippen LogP contribution is 2.36. The fraction of sp³-hybridized carbons (Fsp3) is 0.737. The van der Waals surface area contributed by atoms with Gasteiger partial charge in [-0.25, -0.2) is 9.97 Å². The van der Waals surface area contributed by atoms with Crippen molar-refractivity contribution in [2.75, 3.05) is 0 Å². The first-order valence-corrected chi connectivity index (χ1v) is 9.08. The molecule has 7 heteroatoms. The van der Waals surface area contributed by atoms with Crippen molar-refractivity contribution < 1.29 is 14.1 Å². The molecule has 1 saturated heterocycles. The SMILES string of the molecule is CC(C)(C)N(C(=O)c1ncc(B2OC(C)(C)C(C)(C)O2)cn1)C(C)(C)C. The predicted molar refractivity (Wildman–Crippen MR) is 103 cm³/mol. The second-order valence-electron chi connectivity index (χ2n) is 9.91. The van der Waals surface area contributed by atoms with Crippen LogP contribution in [0.5, 0.6) is 0 Å². The first kappa shape index (κ1) is 20.8. The lowest BCUT2D eigenvalue weighted by Gasteiger charge is -2.45. The van der Waals surface area contributed by atoms with Gasteiger partial charge in [-0.1, -0.05) is 0 Å². The Hall–Kier alpha value is -1.47. The van der Waals surface area contributed by atoms with E-state index in [0.29, 0.717) is 5.46 Å². The van der Waals surface area contributed by atoms with Gasteiger partial charge in [-0.05, 0) is 69.2 Å². The maximum atomic E-state index is 13.0. The highest BCUT2D eigenvalue weighted by atomic mass is 16.7. The van der Waals surface area contributed by atoms with Crippen LogP contribution in [0.25, 0.3) is 0 Å². The van der Waals surface area contributed by atoms with Crippen molar-refractivity contribution in [2.24, 2.45) is 0 Å². The number of hydrogen-bond acceptors (Lipinski definition) is 5. The number of hydrogen-bond donors (Lipinski definition) is 0. The summed E-state index contributed by atoms with van der Waals surface area (Å²) in [4.78, 5) is 23.4. The number of carbonyl (C=O) groups is 1. The van der Waals surface area contributed by atoms with E-state index >= 15 is 0 Å². The summed E-state index contributed by atoms with van der Waals surface area (Å²) in [7, 11) is -0.537. The minimum atomic E-state index is -0.537. The lowest BCUT2D eigenvalue weighted by molar-refractivity contribution is 0.00578. The fourth-order valence-corrected chi connectivity index (χ4v) is 3.26. The topological polar surface area (TPSA) is 64.6 Å². The molecular formula is C19H32BN3O3. The van der Waals surface area contributed by atoms with Gasteiger partial charge >= 0.3 is 7.12 Å². The molecule has 0 aliphatic carbocycles. The van der Waals surface area contributed by atoms with Gasteiger partial charge in [0.1, 0.15) is 0 Å². The summed E-state index contributed by atoms with van der Waals surface area (Å²) in [5.74, 6) is -0.0133. The molecule has 0 unspecified atom stereocenters. The van der Waals surface area contributed by atoms with Crippen molar-refractivity contribution in [1.82, 2.24) is 14.9 Å². The first-order chi connectivity index (χ1) is 11.6. The van der Waals surface area contributed by atoms with Gasteiger partial charge in [0.15, 0.2) is 0 Å². The molecule has 1 aliphatic heterocycles. The molecule has 0 N–H and O–H groups in total. The summed E-state index contributed by atoms with van der Waals surface area (Å²) in [5.41, 5.74) is -0.840. The van der Waals surface area contributed by atoms with Crippen LogP contribution in [0.15, 0.2) is 12.4 Å². The Morgan fingerprint density at radius 1 is 0.923 bits per heavy atom. The molecule has 0 atom stereocenters. The molecule has 1 aliphatic rings. The first-order valence-electron chi connectivity index (χ1n) is 9.08. The van der Waals surface area contributed by atoms with E-state index in [1.807, 2.05) is 74.1 Å². The average molecular weight is 361 g/mol. The molecule has 1 aromatic heterocycles. The molecule has 0 aromatic carbocycles. The Morgan fingerprint density at radius 2 is 1.31 bits per heavy atom. The largest absolute Gasteiger partial charge is 0.498 e. The van der Waals surface area contributed by atoms with Crippen LogP contribution in [0.1, 0.15) is 79.9 Å². The minimum absolute atomic E-state index is 0.176. The number of amides is 1. The van der Waals surface area contributed by atoms with Crippen molar-refractivity contribution in [1.29, 1.82) is 0 Å². The standard InChI is InChI=1S/C19H32BN3O3/c1-16(2,3)23(17(4,5)6)15(24)14-21-11-13(12-22-14)20-25-18(7,8)19(9,10)26-20/h11-12H,1-10H3. The van der Waals surface area contributed by atoms with Crippen LogP contribution in [-0.2, 0) is 9.31 Å². The highest BCUT2D eigenvalue weighted by Gasteiger charge is 2.52. The van der Waals surface area contributed by atoms with Crippen LogP contribution in [-0.4, -0.2) is 50.2 Å². The highest BCUT2D eigenvalue weighted by molar-refractivity contribution is 6.61. The van der Waals surface area contributed by atoms with Crippen LogP contribution < -0.4 is 5.46 Å². The number of aromatic nitrogens is 2. The summed E-state index contributed by atoms with van der Waals surface area (Å²) in [6.07, 6.45) is 3.23. The Kier molecular flexibility index (Phi) is 5.05. The quantitative estimate of drug-likeness (QED) is 0.758. The van der Waals surface area contributed by atoms with Crippen LogP contribution in [0.3, 0.4) is 0 Å². The molecule has 26 heavy (non-hydrogen) atoms. The monoisotopic (exact) mass is 361 g/mol. The molecule has 2 heterocycles. The van der Waals surface area contributed by atoms with Gasteiger partial charge in [-0.15, -0.1) is 0 Å².